The molecule has 1 rings (SSSR count). The normalized spacial score (nSPS) is 10.7. The Morgan fingerprint density at radius 2 is 2.11 bits per heavy atom. The van der Waals surface area contributed by atoms with Gasteiger partial charge in [-0.1, -0.05) is 32.9 Å². The number of nitrogens with one attached hydrogen (secondary N) is 2. The maximum Gasteiger partial charge on any atom is 0.224 e. The van der Waals surface area contributed by atoms with Crippen molar-refractivity contribution in [1.82, 2.24) is 5.32 Å². The van der Waals surface area contributed by atoms with Crippen LogP contribution in [0.5, 0.6) is 0 Å². The van der Waals surface area contributed by atoms with Crippen molar-refractivity contribution in [1.29, 1.82) is 0 Å². The van der Waals surface area contributed by atoms with Crippen LogP contribution >= 0.6 is 0 Å². The van der Waals surface area contributed by atoms with E-state index in [4.69, 9.17) is 0 Å². The van der Waals surface area contributed by atoms with Gasteiger partial charge < -0.3 is 10.6 Å². The van der Waals surface area contributed by atoms with Crippen molar-refractivity contribution in [3.63, 3.8) is 0 Å². The molecule has 1 aromatic carbocycles. The second kappa shape index (κ2) is 8.70. The predicted octanol–water partition coefficient (Wildman–Crippen LogP) is 3.56. The highest BCUT2D eigenvalue weighted by Crippen LogP contribution is 2.12. The first kappa shape index (κ1) is 15.7. The number of carbonyl (C=O) groups excluding carboxylic acids is 1. The van der Waals surface area contributed by atoms with Crippen LogP contribution in [0.4, 0.5) is 5.69 Å². The molecule has 0 aromatic heterocycles. The van der Waals surface area contributed by atoms with E-state index in [0.29, 0.717) is 12.3 Å². The standard InChI is InChI=1S/C16H26N2O/c1-4-10-17-12-14-6-5-7-15(11-14)18-16(19)9-8-13(2)3/h5-7,11,13,17H,4,8-10,12H2,1-3H3,(H,18,19). The third-order valence-corrected chi connectivity index (χ3v) is 2.92. The van der Waals surface area contributed by atoms with Crippen LogP contribution in [0.2, 0.25) is 0 Å². The Balaban J connectivity index is 2.45. The molecule has 0 aliphatic rings. The number of hydrogen-bond donors (Lipinski definition) is 2. The van der Waals surface area contributed by atoms with Gasteiger partial charge in [-0.15, -0.1) is 0 Å². The van der Waals surface area contributed by atoms with Crippen LogP contribution < -0.4 is 10.6 Å². The SMILES string of the molecule is CCCNCc1cccc(NC(=O)CCC(C)C)c1. The molecule has 0 unspecified atom stereocenters. The van der Waals surface area contributed by atoms with Gasteiger partial charge in [-0.05, 0) is 43.0 Å². The molecule has 0 aliphatic heterocycles. The van der Waals surface area contributed by atoms with E-state index >= 15 is 0 Å². The maximum absolute atomic E-state index is 11.8. The minimum absolute atomic E-state index is 0.104. The number of hydrogen-bond acceptors (Lipinski definition) is 2. The molecular weight excluding hydrogens is 236 g/mol. The van der Waals surface area contributed by atoms with E-state index in [2.05, 4.69) is 37.5 Å². The average Bonchev–Trinajstić information content (AvgIpc) is 2.37. The number of benzene rings is 1. The van der Waals surface area contributed by atoms with Crippen molar-refractivity contribution in [2.75, 3.05) is 11.9 Å². The first-order valence-electron chi connectivity index (χ1n) is 7.21. The van der Waals surface area contributed by atoms with Gasteiger partial charge in [0, 0.05) is 18.7 Å². The molecule has 106 valence electrons. The minimum Gasteiger partial charge on any atom is -0.326 e. The topological polar surface area (TPSA) is 41.1 Å². The molecule has 1 aromatic rings. The summed E-state index contributed by atoms with van der Waals surface area (Å²) in [5, 5.41) is 6.32. The second-order valence-corrected chi connectivity index (χ2v) is 5.36. The summed E-state index contributed by atoms with van der Waals surface area (Å²) in [6.07, 6.45) is 2.66. The monoisotopic (exact) mass is 262 g/mol. The highest BCUT2D eigenvalue weighted by atomic mass is 16.1. The molecule has 19 heavy (non-hydrogen) atoms. The molecule has 1 amide bonds. The molecule has 0 aliphatic carbocycles. The van der Waals surface area contributed by atoms with Crippen molar-refractivity contribution >= 4 is 11.6 Å². The summed E-state index contributed by atoms with van der Waals surface area (Å²) in [6, 6.07) is 8.04. The van der Waals surface area contributed by atoms with E-state index in [1.807, 2.05) is 18.2 Å². The lowest BCUT2D eigenvalue weighted by molar-refractivity contribution is -0.116. The van der Waals surface area contributed by atoms with Gasteiger partial charge in [-0.3, -0.25) is 4.79 Å². The summed E-state index contributed by atoms with van der Waals surface area (Å²) in [4.78, 5) is 11.8. The molecule has 0 spiro atoms. The Labute approximate surface area is 116 Å². The van der Waals surface area contributed by atoms with Gasteiger partial charge in [-0.2, -0.15) is 0 Å². The van der Waals surface area contributed by atoms with Gasteiger partial charge in [0.05, 0.1) is 0 Å². The van der Waals surface area contributed by atoms with Gasteiger partial charge >= 0.3 is 0 Å². The van der Waals surface area contributed by atoms with E-state index in [1.165, 1.54) is 5.56 Å². The van der Waals surface area contributed by atoms with E-state index in [9.17, 15) is 4.79 Å². The second-order valence-electron chi connectivity index (χ2n) is 5.36. The molecule has 3 heteroatoms. The van der Waals surface area contributed by atoms with Gasteiger partial charge in [0.25, 0.3) is 0 Å². The highest BCUT2D eigenvalue weighted by molar-refractivity contribution is 5.90. The van der Waals surface area contributed by atoms with Crippen molar-refractivity contribution in [3.8, 4) is 0 Å². The lowest BCUT2D eigenvalue weighted by Gasteiger charge is -2.09. The Morgan fingerprint density at radius 1 is 1.32 bits per heavy atom. The summed E-state index contributed by atoms with van der Waals surface area (Å²) in [7, 11) is 0. The average molecular weight is 262 g/mol. The Kier molecular flexibility index (Phi) is 7.19. The zero-order valence-corrected chi connectivity index (χ0v) is 12.3. The van der Waals surface area contributed by atoms with Crippen LogP contribution in [0.15, 0.2) is 24.3 Å². The minimum atomic E-state index is 0.104. The zero-order chi connectivity index (χ0) is 14.1. The van der Waals surface area contributed by atoms with Crippen LogP contribution in [-0.2, 0) is 11.3 Å². The Hall–Kier alpha value is -1.35. The quantitative estimate of drug-likeness (QED) is 0.703. The molecule has 0 atom stereocenters. The van der Waals surface area contributed by atoms with Gasteiger partial charge in [0.15, 0.2) is 0 Å². The molecule has 0 bridgehead atoms. The molecule has 0 radical (unpaired) electrons. The number of amides is 1. The third-order valence-electron chi connectivity index (χ3n) is 2.92. The number of anilines is 1. The summed E-state index contributed by atoms with van der Waals surface area (Å²) in [5.41, 5.74) is 2.10. The fourth-order valence-corrected chi connectivity index (χ4v) is 1.81. The summed E-state index contributed by atoms with van der Waals surface area (Å²) >= 11 is 0. The molecule has 0 saturated carbocycles. The molecule has 0 fully saturated rings. The Bertz CT molecular complexity index is 388. The first-order valence-corrected chi connectivity index (χ1v) is 7.21. The third kappa shape index (κ3) is 6.97. The zero-order valence-electron chi connectivity index (χ0n) is 12.3. The Morgan fingerprint density at radius 3 is 2.79 bits per heavy atom. The molecule has 2 N–H and O–H groups in total. The van der Waals surface area contributed by atoms with Crippen LogP contribution in [0, 0.1) is 5.92 Å². The lowest BCUT2D eigenvalue weighted by atomic mass is 10.1. The smallest absolute Gasteiger partial charge is 0.224 e. The van der Waals surface area contributed by atoms with Gasteiger partial charge in [0.2, 0.25) is 5.91 Å². The molecule has 0 heterocycles. The van der Waals surface area contributed by atoms with E-state index in [1.54, 1.807) is 0 Å². The van der Waals surface area contributed by atoms with Gasteiger partial charge in [0.1, 0.15) is 0 Å². The number of carbonyl (C=O) groups is 1. The predicted molar refractivity (Wildman–Crippen MR) is 81.1 cm³/mol. The summed E-state index contributed by atoms with van der Waals surface area (Å²) in [6.45, 7) is 8.29. The lowest BCUT2D eigenvalue weighted by Crippen LogP contribution is -2.15. The van der Waals surface area contributed by atoms with Crippen molar-refractivity contribution in [2.24, 2.45) is 5.92 Å². The first-order chi connectivity index (χ1) is 9.11. The number of rotatable bonds is 8. The van der Waals surface area contributed by atoms with Crippen LogP contribution in [0.25, 0.3) is 0 Å². The summed E-state index contributed by atoms with van der Waals surface area (Å²) < 4.78 is 0. The molecular formula is C16H26N2O. The van der Waals surface area contributed by atoms with Crippen molar-refractivity contribution in [3.05, 3.63) is 29.8 Å². The van der Waals surface area contributed by atoms with E-state index < -0.39 is 0 Å². The van der Waals surface area contributed by atoms with Crippen molar-refractivity contribution < 1.29 is 4.79 Å². The summed E-state index contributed by atoms with van der Waals surface area (Å²) in [5.74, 6) is 0.669. The van der Waals surface area contributed by atoms with Crippen molar-refractivity contribution in [2.45, 2.75) is 46.6 Å². The van der Waals surface area contributed by atoms with E-state index in [-0.39, 0.29) is 5.91 Å². The molecule has 0 saturated heterocycles. The maximum atomic E-state index is 11.8. The van der Waals surface area contributed by atoms with Gasteiger partial charge in [-0.25, -0.2) is 0 Å². The fourth-order valence-electron chi connectivity index (χ4n) is 1.81. The van der Waals surface area contributed by atoms with Crippen LogP contribution in [0.1, 0.15) is 45.6 Å². The van der Waals surface area contributed by atoms with E-state index in [0.717, 1.165) is 31.6 Å². The van der Waals surface area contributed by atoms with Crippen LogP contribution in [-0.4, -0.2) is 12.5 Å². The fraction of sp³-hybridized carbons (Fsp3) is 0.562. The largest absolute Gasteiger partial charge is 0.326 e. The van der Waals surface area contributed by atoms with Crippen LogP contribution in [0.3, 0.4) is 0 Å². The highest BCUT2D eigenvalue weighted by Gasteiger charge is 2.04. The molecule has 3 nitrogen and oxygen atoms in total.